The molecule has 212 valence electrons. The van der Waals surface area contributed by atoms with Crippen molar-refractivity contribution in [3.8, 4) is 17.1 Å². The van der Waals surface area contributed by atoms with Gasteiger partial charge in [0, 0.05) is 30.4 Å². The summed E-state index contributed by atoms with van der Waals surface area (Å²) >= 11 is 1.12. The van der Waals surface area contributed by atoms with Gasteiger partial charge in [-0.3, -0.25) is 19.5 Å². The number of aromatic nitrogens is 3. The number of aryl methyl sites for hydroxylation is 2. The van der Waals surface area contributed by atoms with E-state index in [9.17, 15) is 23.3 Å². The van der Waals surface area contributed by atoms with E-state index in [0.717, 1.165) is 41.4 Å². The maximum Gasteiger partial charge on any atom is 0.293 e. The lowest BCUT2D eigenvalue weighted by Gasteiger charge is -2.16. The zero-order valence-corrected chi connectivity index (χ0v) is 24.1. The number of thioether (sulfide) groups is 1. The Balaban J connectivity index is 1.44. The van der Waals surface area contributed by atoms with Crippen molar-refractivity contribution < 1.29 is 18.1 Å². The van der Waals surface area contributed by atoms with E-state index in [2.05, 4.69) is 15.5 Å². The van der Waals surface area contributed by atoms with Gasteiger partial charge in [0.15, 0.2) is 11.0 Å². The summed E-state index contributed by atoms with van der Waals surface area (Å²) in [6, 6.07) is 18.9. The van der Waals surface area contributed by atoms with Crippen molar-refractivity contribution in [2.75, 3.05) is 24.2 Å². The van der Waals surface area contributed by atoms with E-state index in [1.807, 2.05) is 37.3 Å². The van der Waals surface area contributed by atoms with E-state index < -0.39 is 20.9 Å². The van der Waals surface area contributed by atoms with Crippen LogP contribution in [0.3, 0.4) is 0 Å². The van der Waals surface area contributed by atoms with E-state index in [-0.39, 0.29) is 22.0 Å². The average Bonchev–Trinajstić information content (AvgIpc) is 3.65. The molecule has 4 aromatic rings. The fourth-order valence-corrected chi connectivity index (χ4v) is 6.92. The van der Waals surface area contributed by atoms with E-state index in [0.29, 0.717) is 29.6 Å². The molecule has 1 aromatic heterocycles. The summed E-state index contributed by atoms with van der Waals surface area (Å²) in [6.45, 7) is 4.59. The summed E-state index contributed by atoms with van der Waals surface area (Å²) in [5.41, 5.74) is 2.82. The van der Waals surface area contributed by atoms with E-state index in [1.54, 1.807) is 41.8 Å². The Hall–Kier alpha value is -4.07. The second-order valence-electron chi connectivity index (χ2n) is 9.66. The first kappa shape index (κ1) is 28.5. The number of sulfonamides is 1. The van der Waals surface area contributed by atoms with E-state index in [4.69, 9.17) is 0 Å². The number of amides is 1. The molecule has 1 N–H and O–H groups in total. The summed E-state index contributed by atoms with van der Waals surface area (Å²) in [6.07, 6.45) is 1.68. The van der Waals surface area contributed by atoms with Crippen LogP contribution in [0.15, 0.2) is 76.8 Å². The lowest BCUT2D eigenvalue weighted by molar-refractivity contribution is -0.384. The summed E-state index contributed by atoms with van der Waals surface area (Å²) in [5, 5.41) is 23.3. The third kappa shape index (κ3) is 6.01. The number of para-hydroxylation sites is 1. The van der Waals surface area contributed by atoms with Gasteiger partial charge < -0.3 is 5.32 Å². The fraction of sp³-hybridized carbons (Fsp3) is 0.250. The molecule has 13 heteroatoms. The number of rotatable bonds is 9. The number of nitrogens with zero attached hydrogens (tertiary/aromatic N) is 5. The van der Waals surface area contributed by atoms with Crippen LogP contribution in [-0.4, -0.2) is 57.2 Å². The number of anilines is 1. The molecule has 2 heterocycles. The number of hydrogen-bond acceptors (Lipinski definition) is 8. The molecule has 0 saturated carbocycles. The monoisotopic (exact) mass is 592 g/mol. The topological polar surface area (TPSA) is 140 Å². The molecule has 41 heavy (non-hydrogen) atoms. The Kier molecular flexibility index (Phi) is 8.20. The van der Waals surface area contributed by atoms with Gasteiger partial charge in [-0.2, -0.15) is 4.31 Å². The van der Waals surface area contributed by atoms with Crippen LogP contribution in [0.5, 0.6) is 0 Å². The normalized spacial score (nSPS) is 13.8. The van der Waals surface area contributed by atoms with Crippen LogP contribution in [0, 0.1) is 24.0 Å². The molecule has 0 atom stereocenters. The molecule has 1 amide bonds. The second kappa shape index (κ2) is 11.8. The molecule has 0 spiro atoms. The lowest BCUT2D eigenvalue weighted by Crippen LogP contribution is -2.27. The summed E-state index contributed by atoms with van der Waals surface area (Å²) in [5.74, 6) is -0.107. The zero-order valence-electron chi connectivity index (χ0n) is 22.5. The first-order valence-electron chi connectivity index (χ1n) is 12.9. The SMILES string of the molecule is Cc1cc(NC(=O)CSc2nnc(-c3cccc(S(=O)(=O)N4CCCC4)c3)n2-c2ccccc2)c([N+](=O)[O-])cc1C. The molecule has 1 saturated heterocycles. The van der Waals surface area contributed by atoms with Crippen LogP contribution in [-0.2, 0) is 14.8 Å². The van der Waals surface area contributed by atoms with Gasteiger partial charge in [0.25, 0.3) is 5.69 Å². The third-order valence-corrected chi connectivity index (χ3v) is 9.68. The van der Waals surface area contributed by atoms with Gasteiger partial charge in [0.05, 0.1) is 15.6 Å². The summed E-state index contributed by atoms with van der Waals surface area (Å²) < 4.78 is 29.7. The molecular formula is C28H28N6O5S2. The predicted octanol–water partition coefficient (Wildman–Crippen LogP) is 4.97. The van der Waals surface area contributed by atoms with Gasteiger partial charge in [-0.05, 0) is 68.1 Å². The molecular weight excluding hydrogens is 564 g/mol. The molecule has 5 rings (SSSR count). The molecule has 1 aliphatic rings. The molecule has 0 radical (unpaired) electrons. The van der Waals surface area contributed by atoms with E-state index in [1.165, 1.54) is 10.4 Å². The molecule has 3 aromatic carbocycles. The zero-order chi connectivity index (χ0) is 29.1. The van der Waals surface area contributed by atoms with Crippen LogP contribution in [0.4, 0.5) is 11.4 Å². The van der Waals surface area contributed by atoms with E-state index >= 15 is 0 Å². The number of nitro groups is 1. The van der Waals surface area contributed by atoms with Crippen molar-refractivity contribution in [3.05, 3.63) is 88.0 Å². The van der Waals surface area contributed by atoms with Crippen LogP contribution in [0.2, 0.25) is 0 Å². The highest BCUT2D eigenvalue weighted by molar-refractivity contribution is 7.99. The Morgan fingerprint density at radius 3 is 2.41 bits per heavy atom. The first-order chi connectivity index (χ1) is 19.6. The number of nitro benzene ring substituents is 1. The van der Waals surface area contributed by atoms with Crippen molar-refractivity contribution in [2.24, 2.45) is 0 Å². The fourth-order valence-electron chi connectivity index (χ4n) is 4.60. The molecule has 0 bridgehead atoms. The molecule has 11 nitrogen and oxygen atoms in total. The largest absolute Gasteiger partial charge is 0.320 e. The van der Waals surface area contributed by atoms with Crippen molar-refractivity contribution >= 4 is 39.1 Å². The minimum absolute atomic E-state index is 0.0849. The highest BCUT2D eigenvalue weighted by atomic mass is 32.2. The Labute approximate surface area is 241 Å². The minimum atomic E-state index is -3.64. The Morgan fingerprint density at radius 2 is 1.71 bits per heavy atom. The smallest absolute Gasteiger partial charge is 0.293 e. The van der Waals surface area contributed by atoms with Crippen molar-refractivity contribution in [1.82, 2.24) is 19.1 Å². The van der Waals surface area contributed by atoms with Crippen LogP contribution < -0.4 is 5.32 Å². The van der Waals surface area contributed by atoms with Crippen molar-refractivity contribution in [3.63, 3.8) is 0 Å². The number of benzene rings is 3. The lowest BCUT2D eigenvalue weighted by atomic mass is 10.1. The summed E-state index contributed by atoms with van der Waals surface area (Å²) in [4.78, 5) is 24.1. The van der Waals surface area contributed by atoms with Gasteiger partial charge in [0.1, 0.15) is 5.69 Å². The maximum atomic E-state index is 13.2. The maximum absolute atomic E-state index is 13.2. The van der Waals surface area contributed by atoms with Gasteiger partial charge >= 0.3 is 0 Å². The van der Waals surface area contributed by atoms with Crippen molar-refractivity contribution in [2.45, 2.75) is 36.7 Å². The Bertz CT molecular complexity index is 1720. The number of carbonyl (C=O) groups excluding carboxylic acids is 1. The van der Waals surface area contributed by atoms with Crippen LogP contribution in [0.25, 0.3) is 17.1 Å². The quantitative estimate of drug-likeness (QED) is 0.163. The first-order valence-corrected chi connectivity index (χ1v) is 15.4. The molecule has 0 unspecified atom stereocenters. The predicted molar refractivity (Wildman–Crippen MR) is 157 cm³/mol. The highest BCUT2D eigenvalue weighted by Crippen LogP contribution is 2.32. The minimum Gasteiger partial charge on any atom is -0.320 e. The Morgan fingerprint density at radius 1 is 1.00 bits per heavy atom. The molecule has 1 aliphatic heterocycles. The summed E-state index contributed by atoms with van der Waals surface area (Å²) in [7, 11) is -3.64. The van der Waals surface area contributed by atoms with Gasteiger partial charge in [0.2, 0.25) is 15.9 Å². The van der Waals surface area contributed by atoms with Gasteiger partial charge in [-0.15, -0.1) is 10.2 Å². The number of carbonyl (C=O) groups is 1. The van der Waals surface area contributed by atoms with Crippen LogP contribution in [0.1, 0.15) is 24.0 Å². The highest BCUT2D eigenvalue weighted by Gasteiger charge is 2.28. The number of hydrogen-bond donors (Lipinski definition) is 1. The third-order valence-electron chi connectivity index (χ3n) is 6.86. The molecule has 0 aliphatic carbocycles. The van der Waals surface area contributed by atoms with Gasteiger partial charge in [-0.25, -0.2) is 8.42 Å². The second-order valence-corrected chi connectivity index (χ2v) is 12.5. The van der Waals surface area contributed by atoms with Gasteiger partial charge in [-0.1, -0.05) is 42.1 Å². The standard InChI is InChI=1S/C28H28N6O5S2/c1-19-15-24(25(34(36)37)16-20(19)2)29-26(35)18-40-28-31-30-27(33(28)22-10-4-3-5-11-22)21-9-8-12-23(17-21)41(38,39)32-13-6-7-14-32/h3-5,8-12,15-17H,6-7,13-14,18H2,1-2H3,(H,29,35). The number of nitrogens with one attached hydrogen (secondary N) is 1. The van der Waals surface area contributed by atoms with Crippen molar-refractivity contribution in [1.29, 1.82) is 0 Å². The average molecular weight is 593 g/mol. The molecule has 1 fully saturated rings. The van der Waals surface area contributed by atoms with Crippen LogP contribution >= 0.6 is 11.8 Å².